The number of carbonyl (C=O) groups is 10. The van der Waals surface area contributed by atoms with Gasteiger partial charge in [-0.05, 0) is 73.7 Å². The van der Waals surface area contributed by atoms with Crippen LogP contribution in [0, 0.1) is 5.92 Å². The van der Waals surface area contributed by atoms with Crippen LogP contribution in [0.2, 0.25) is 0 Å². The monoisotopic (exact) mass is 1240 g/mol. The van der Waals surface area contributed by atoms with Gasteiger partial charge in [-0.3, -0.25) is 44.3 Å². The van der Waals surface area contributed by atoms with Gasteiger partial charge in [0.15, 0.2) is 5.60 Å². The number of fused-ring (bicyclic) bond motifs is 6. The van der Waals surface area contributed by atoms with Gasteiger partial charge >= 0.3 is 24.2 Å². The normalized spacial score (nSPS) is 15.6. The largest absolute Gasteiger partial charge is 0.456 e. The van der Waals surface area contributed by atoms with Gasteiger partial charge in [-0.2, -0.15) is 0 Å². The number of hydrogen-bond donors (Lipinski definition) is 9. The molecule has 1 spiro atoms. The maximum atomic E-state index is 13.9. The zero-order chi connectivity index (χ0) is 63.5. The van der Waals surface area contributed by atoms with Crippen LogP contribution in [0.3, 0.4) is 0 Å². The lowest BCUT2D eigenvalue weighted by molar-refractivity contribution is -0.137. The van der Waals surface area contributed by atoms with Gasteiger partial charge in [-0.15, -0.1) is 0 Å². The highest BCUT2D eigenvalue weighted by atomic mass is 32.2. The first-order valence-electron chi connectivity index (χ1n) is 27.8. The Morgan fingerprint density at radius 1 is 0.659 bits per heavy atom. The Labute approximate surface area is 505 Å². The van der Waals surface area contributed by atoms with Gasteiger partial charge in [0, 0.05) is 71.0 Å². The number of hydrogen-bond acceptors (Lipinski definition) is 19. The van der Waals surface area contributed by atoms with Crippen molar-refractivity contribution >= 4 is 86.7 Å². The van der Waals surface area contributed by atoms with Crippen molar-refractivity contribution in [3.05, 3.63) is 125 Å². The Bertz CT molecular complexity index is 3400. The van der Waals surface area contributed by atoms with Crippen LogP contribution in [0.1, 0.15) is 72.6 Å². The van der Waals surface area contributed by atoms with Crippen molar-refractivity contribution in [2.75, 3.05) is 81.0 Å². The number of amides is 10. The molecule has 10 amide bonds. The summed E-state index contributed by atoms with van der Waals surface area (Å²) in [6.45, 7) is 5.36. The van der Waals surface area contributed by atoms with Crippen molar-refractivity contribution in [3.8, 4) is 11.5 Å². The molecule has 0 aliphatic carbocycles. The maximum absolute atomic E-state index is 13.9. The molecule has 88 heavy (non-hydrogen) atoms. The van der Waals surface area contributed by atoms with E-state index in [1.807, 2.05) is 0 Å². The summed E-state index contributed by atoms with van der Waals surface area (Å²) < 4.78 is 63.7. The SMILES string of the molecule is CCOC(=O)Nc1ccc2c(c1)Oc1cc(NC(=O)OCc3ccc(NC(=O)[C@H](CCCNC(N)=O)NC(=O)[C@@H](NC(=O)[C@H](CS(N)(=O)=O)NC(=O)CCOCCOCCOCCN4C(=O)C=CC4=O)C(C)C)cc3)ccc1C21OC(=O)c2ccccc21. The number of nitrogens with zero attached hydrogens (tertiary/aromatic N) is 1. The Morgan fingerprint density at radius 2 is 1.25 bits per heavy atom. The molecule has 0 radical (unpaired) electrons. The van der Waals surface area contributed by atoms with Crippen molar-refractivity contribution in [3.63, 3.8) is 0 Å². The van der Waals surface area contributed by atoms with Crippen LogP contribution in [0.4, 0.5) is 31.4 Å². The van der Waals surface area contributed by atoms with E-state index in [-0.39, 0.29) is 108 Å². The summed E-state index contributed by atoms with van der Waals surface area (Å²) in [5, 5.41) is 23.1. The Balaban J connectivity index is 0.906. The number of esters is 1. The van der Waals surface area contributed by atoms with E-state index in [0.29, 0.717) is 33.5 Å². The van der Waals surface area contributed by atoms with Crippen molar-refractivity contribution in [1.29, 1.82) is 0 Å². The maximum Gasteiger partial charge on any atom is 0.411 e. The third-order valence-corrected chi connectivity index (χ3v) is 14.3. The van der Waals surface area contributed by atoms with Gasteiger partial charge in [0.25, 0.3) is 11.8 Å². The molecule has 11 N–H and O–H groups in total. The second kappa shape index (κ2) is 30.7. The molecule has 1 unspecified atom stereocenters. The highest BCUT2D eigenvalue weighted by molar-refractivity contribution is 7.89. The molecular formula is C58H68N10O19S. The lowest BCUT2D eigenvalue weighted by Gasteiger charge is -2.36. The standard InChI is InChI=1S/C58H68N10O19S/c1-4-84-56(77)63-37-15-17-41-45(30-37)86-46-31-38(16-18-42(46)58(41)40-9-6-5-8-39(40)54(75)87-58)64-57(78)85-32-35-11-13-36(14-12-35)62-51(72)43(10-7-22-61-55(59)76)66-53(74)50(34(2)3)67-52(73)44(33-88(60,79)80)65-47(69)21-24-81-26-28-83-29-27-82-25-23-68-48(70)19-20-49(68)71/h5-6,8-9,11-20,30-31,34,43-44,50H,4,7,10,21-29,32-33H2,1-3H3,(H,62,72)(H,63,77)(H,64,78)(H,65,69)(H,66,74)(H,67,73)(H3,59,61,76)(H2,60,79,80)/t43-,44-,50-,58?/m0/s1. The predicted molar refractivity (Wildman–Crippen MR) is 313 cm³/mol. The number of ether oxygens (including phenoxy) is 7. The number of imide groups is 1. The molecule has 29 nitrogen and oxygen atoms in total. The average molecular weight is 1240 g/mol. The van der Waals surface area contributed by atoms with Crippen LogP contribution < -0.4 is 52.8 Å². The molecule has 3 aliphatic heterocycles. The Hall–Kier alpha value is -9.49. The third-order valence-electron chi connectivity index (χ3n) is 13.6. The molecule has 3 heterocycles. The lowest BCUT2D eigenvalue weighted by Crippen LogP contribution is -2.59. The number of urea groups is 1. The molecule has 30 heteroatoms. The number of anilines is 3. The first-order chi connectivity index (χ1) is 42.0. The summed E-state index contributed by atoms with van der Waals surface area (Å²) in [5.41, 5.74) is 7.03. The number of carbonyl (C=O) groups excluding carboxylic acids is 10. The average Bonchev–Trinajstić information content (AvgIpc) is 1.46. The van der Waals surface area contributed by atoms with Gasteiger partial charge in [0.1, 0.15) is 36.2 Å². The number of nitrogens with one attached hydrogen (secondary N) is 7. The quantitative estimate of drug-likeness (QED) is 0.0151. The number of rotatable bonds is 31. The molecule has 3 aliphatic rings. The molecule has 0 saturated heterocycles. The highest BCUT2D eigenvalue weighted by Crippen LogP contribution is 2.56. The van der Waals surface area contributed by atoms with Gasteiger partial charge in [0.05, 0.1) is 64.1 Å². The summed E-state index contributed by atoms with van der Waals surface area (Å²) in [6, 6.07) is 17.6. The van der Waals surface area contributed by atoms with Gasteiger partial charge < -0.3 is 65.5 Å². The van der Waals surface area contributed by atoms with E-state index < -0.39 is 105 Å². The minimum absolute atomic E-state index is 0.0274. The van der Waals surface area contributed by atoms with E-state index in [9.17, 15) is 56.4 Å². The predicted octanol–water partition coefficient (Wildman–Crippen LogP) is 2.72. The molecular weight excluding hydrogens is 1170 g/mol. The Kier molecular flexibility index (Phi) is 23.1. The first-order valence-corrected chi connectivity index (χ1v) is 29.5. The second-order valence-electron chi connectivity index (χ2n) is 20.3. The number of nitrogens with two attached hydrogens (primary N) is 2. The number of primary sulfonamides is 1. The fourth-order valence-corrected chi connectivity index (χ4v) is 10.1. The molecule has 7 rings (SSSR count). The lowest BCUT2D eigenvalue weighted by atomic mass is 9.77. The van der Waals surface area contributed by atoms with Crippen LogP contribution >= 0.6 is 0 Å². The molecule has 470 valence electrons. The third kappa shape index (κ3) is 18.0. The fourth-order valence-electron chi connectivity index (χ4n) is 9.37. The van der Waals surface area contributed by atoms with E-state index in [0.717, 1.165) is 4.90 Å². The zero-order valence-electron chi connectivity index (χ0n) is 48.2. The van der Waals surface area contributed by atoms with Crippen LogP contribution in [0.15, 0.2) is 97.1 Å². The minimum Gasteiger partial charge on any atom is -0.456 e. The molecule has 4 aromatic carbocycles. The van der Waals surface area contributed by atoms with Crippen molar-refractivity contribution in [1.82, 2.24) is 26.2 Å². The minimum atomic E-state index is -4.38. The molecule has 0 bridgehead atoms. The molecule has 0 fully saturated rings. The highest BCUT2D eigenvalue weighted by Gasteiger charge is 2.53. The van der Waals surface area contributed by atoms with E-state index >= 15 is 0 Å². The Morgan fingerprint density at radius 3 is 1.85 bits per heavy atom. The summed E-state index contributed by atoms with van der Waals surface area (Å²) in [6.07, 6.45) is 0.616. The summed E-state index contributed by atoms with van der Waals surface area (Å²) >= 11 is 0. The van der Waals surface area contributed by atoms with Gasteiger partial charge in [-0.25, -0.2) is 32.7 Å². The van der Waals surface area contributed by atoms with E-state index in [4.69, 9.17) is 44.0 Å². The summed E-state index contributed by atoms with van der Waals surface area (Å²) in [5.74, 6) is -5.99. The van der Waals surface area contributed by atoms with E-state index in [1.54, 1.807) is 87.5 Å². The van der Waals surface area contributed by atoms with Crippen LogP contribution in [0.25, 0.3) is 0 Å². The first kappa shape index (κ1) is 66.0. The topological polar surface area (TPSA) is 409 Å². The van der Waals surface area contributed by atoms with Gasteiger partial charge in [-0.1, -0.05) is 44.2 Å². The van der Waals surface area contributed by atoms with Crippen molar-refractivity contribution in [2.45, 2.75) is 70.4 Å². The second-order valence-corrected chi connectivity index (χ2v) is 22.0. The van der Waals surface area contributed by atoms with Crippen molar-refractivity contribution in [2.24, 2.45) is 16.8 Å². The number of benzene rings is 4. The van der Waals surface area contributed by atoms with Crippen LogP contribution in [-0.4, -0.2) is 156 Å². The van der Waals surface area contributed by atoms with Crippen LogP contribution in [-0.2, 0) is 79.4 Å². The molecule has 4 aromatic rings. The zero-order valence-corrected chi connectivity index (χ0v) is 49.0. The summed E-state index contributed by atoms with van der Waals surface area (Å²) in [4.78, 5) is 129. The van der Waals surface area contributed by atoms with E-state index in [2.05, 4.69) is 37.2 Å². The van der Waals surface area contributed by atoms with Crippen molar-refractivity contribution < 1.29 is 89.5 Å². The fraction of sp³-hybridized carbons (Fsp3) is 0.379. The number of primary amides is 1. The summed E-state index contributed by atoms with van der Waals surface area (Å²) in [7, 11) is -4.38. The molecule has 4 atom stereocenters. The smallest absolute Gasteiger partial charge is 0.411 e. The molecule has 0 saturated carbocycles. The van der Waals surface area contributed by atoms with Crippen LogP contribution in [0.5, 0.6) is 11.5 Å². The van der Waals surface area contributed by atoms with E-state index in [1.165, 1.54) is 30.4 Å². The number of sulfonamides is 1. The molecule has 0 aromatic heterocycles. The van der Waals surface area contributed by atoms with Gasteiger partial charge in [0.2, 0.25) is 33.7 Å².